The first kappa shape index (κ1) is 12.6. The highest BCUT2D eigenvalue weighted by Crippen LogP contribution is 2.55. The Morgan fingerprint density at radius 3 is 2.38 bits per heavy atom. The fraction of sp³-hybridized carbons (Fsp3) is 0.316. The summed E-state index contributed by atoms with van der Waals surface area (Å²) in [4.78, 5) is 0. The van der Waals surface area contributed by atoms with Gasteiger partial charge in [0.1, 0.15) is 5.84 Å². The predicted octanol–water partition coefficient (Wildman–Crippen LogP) is 4.20. The fourth-order valence-electron chi connectivity index (χ4n) is 4.32. The maximum absolute atomic E-state index is 7.74. The maximum Gasteiger partial charge on any atom is 0.122 e. The van der Waals surface area contributed by atoms with E-state index in [-0.39, 0.29) is 11.3 Å². The van der Waals surface area contributed by atoms with E-state index in [1.807, 2.05) is 6.07 Å². The molecule has 2 aliphatic carbocycles. The monoisotopic (exact) mass is 276 g/mol. The second-order valence-corrected chi connectivity index (χ2v) is 6.36. The van der Waals surface area contributed by atoms with E-state index >= 15 is 0 Å². The molecular weight excluding hydrogens is 256 g/mol. The summed E-state index contributed by atoms with van der Waals surface area (Å²) in [5.41, 5.74) is 12.3. The van der Waals surface area contributed by atoms with Crippen molar-refractivity contribution in [2.75, 3.05) is 0 Å². The fourth-order valence-corrected chi connectivity index (χ4v) is 4.32. The van der Waals surface area contributed by atoms with E-state index < -0.39 is 0 Å². The number of nitrogens with one attached hydrogen (secondary N) is 1. The van der Waals surface area contributed by atoms with Gasteiger partial charge in [-0.05, 0) is 41.2 Å². The lowest BCUT2D eigenvalue weighted by atomic mass is 9.67. The Morgan fingerprint density at radius 1 is 0.905 bits per heavy atom. The zero-order valence-electron chi connectivity index (χ0n) is 12.2. The highest BCUT2D eigenvalue weighted by atomic mass is 14.7. The quantitative estimate of drug-likeness (QED) is 0.595. The van der Waals surface area contributed by atoms with Crippen molar-refractivity contribution in [2.24, 2.45) is 5.73 Å². The molecule has 106 valence electrons. The van der Waals surface area contributed by atoms with Gasteiger partial charge in [-0.25, -0.2) is 0 Å². The molecule has 1 saturated carbocycles. The third-order valence-electron chi connectivity index (χ3n) is 5.29. The van der Waals surface area contributed by atoms with Crippen molar-refractivity contribution in [1.29, 1.82) is 5.41 Å². The predicted molar refractivity (Wildman–Crippen MR) is 86.8 cm³/mol. The Morgan fingerprint density at radius 2 is 1.62 bits per heavy atom. The first-order valence-electron chi connectivity index (χ1n) is 7.81. The molecule has 2 aromatic rings. The minimum absolute atomic E-state index is 0.162. The third kappa shape index (κ3) is 1.68. The number of fused-ring (bicyclic) bond motifs is 5. The average molecular weight is 276 g/mol. The van der Waals surface area contributed by atoms with E-state index in [1.165, 1.54) is 54.4 Å². The Labute approximate surface area is 125 Å². The largest absolute Gasteiger partial charge is 0.384 e. The number of nitrogens with two attached hydrogens (primary N) is 1. The Balaban J connectivity index is 2.00. The van der Waals surface area contributed by atoms with Crippen LogP contribution < -0.4 is 5.73 Å². The molecule has 2 aliphatic rings. The molecule has 4 rings (SSSR count). The molecular formula is C19H20N2. The summed E-state index contributed by atoms with van der Waals surface area (Å²) in [5.74, 6) is 0.166. The first-order chi connectivity index (χ1) is 10.2. The minimum atomic E-state index is 0.162. The standard InChI is InChI=1S/C19H20N2/c20-18(21)13-8-9-15-14-6-2-3-7-16(14)19(17(15)12-13)10-4-1-5-11-19/h2-3,6-9,12H,1,4-5,10-11H2,(H3,20,21). The molecule has 2 aromatic carbocycles. The van der Waals surface area contributed by atoms with Crippen molar-refractivity contribution in [1.82, 2.24) is 0 Å². The second-order valence-electron chi connectivity index (χ2n) is 6.36. The van der Waals surface area contributed by atoms with Gasteiger partial charge in [-0.1, -0.05) is 55.7 Å². The van der Waals surface area contributed by atoms with Crippen LogP contribution in [0, 0.1) is 5.41 Å². The number of benzene rings is 2. The van der Waals surface area contributed by atoms with E-state index in [0.717, 1.165) is 5.56 Å². The summed E-state index contributed by atoms with van der Waals surface area (Å²) >= 11 is 0. The summed E-state index contributed by atoms with van der Waals surface area (Å²) in [6, 6.07) is 15.1. The number of nitrogen functional groups attached to an aromatic ring is 1. The van der Waals surface area contributed by atoms with Crippen LogP contribution in [0.5, 0.6) is 0 Å². The van der Waals surface area contributed by atoms with Gasteiger partial charge in [-0.2, -0.15) is 0 Å². The molecule has 0 amide bonds. The molecule has 2 nitrogen and oxygen atoms in total. The normalized spacial score (nSPS) is 18.3. The second kappa shape index (κ2) is 4.45. The number of amidine groups is 1. The first-order valence-corrected chi connectivity index (χ1v) is 7.81. The van der Waals surface area contributed by atoms with Gasteiger partial charge in [0, 0.05) is 11.0 Å². The highest BCUT2D eigenvalue weighted by Gasteiger charge is 2.43. The van der Waals surface area contributed by atoms with Crippen LogP contribution in [-0.4, -0.2) is 5.84 Å². The molecule has 0 aromatic heterocycles. The minimum Gasteiger partial charge on any atom is -0.384 e. The van der Waals surface area contributed by atoms with E-state index in [2.05, 4.69) is 36.4 Å². The van der Waals surface area contributed by atoms with Crippen molar-refractivity contribution in [3.63, 3.8) is 0 Å². The topological polar surface area (TPSA) is 49.9 Å². The number of hydrogen-bond acceptors (Lipinski definition) is 1. The van der Waals surface area contributed by atoms with Gasteiger partial charge in [0.25, 0.3) is 0 Å². The van der Waals surface area contributed by atoms with Crippen LogP contribution in [0.15, 0.2) is 42.5 Å². The van der Waals surface area contributed by atoms with Gasteiger partial charge in [0.2, 0.25) is 0 Å². The van der Waals surface area contributed by atoms with Crippen LogP contribution in [0.4, 0.5) is 0 Å². The van der Waals surface area contributed by atoms with Crippen LogP contribution in [0.3, 0.4) is 0 Å². The van der Waals surface area contributed by atoms with Gasteiger partial charge in [-0.15, -0.1) is 0 Å². The van der Waals surface area contributed by atoms with Crippen LogP contribution in [0.1, 0.15) is 48.8 Å². The van der Waals surface area contributed by atoms with E-state index in [0.29, 0.717) is 0 Å². The van der Waals surface area contributed by atoms with Gasteiger partial charge < -0.3 is 5.73 Å². The third-order valence-corrected chi connectivity index (χ3v) is 5.29. The van der Waals surface area contributed by atoms with Gasteiger partial charge >= 0.3 is 0 Å². The molecule has 0 atom stereocenters. The number of hydrogen-bond donors (Lipinski definition) is 2. The smallest absolute Gasteiger partial charge is 0.122 e. The van der Waals surface area contributed by atoms with Crippen molar-refractivity contribution in [3.8, 4) is 11.1 Å². The number of rotatable bonds is 1. The molecule has 3 N–H and O–H groups in total. The molecule has 1 spiro atoms. The molecule has 1 fully saturated rings. The summed E-state index contributed by atoms with van der Waals surface area (Å²) in [5, 5.41) is 7.74. The summed E-state index contributed by atoms with van der Waals surface area (Å²) in [7, 11) is 0. The molecule has 0 aliphatic heterocycles. The van der Waals surface area contributed by atoms with E-state index in [9.17, 15) is 0 Å². The molecule has 2 heteroatoms. The Bertz CT molecular complexity index is 724. The highest BCUT2D eigenvalue weighted by molar-refractivity contribution is 5.96. The Kier molecular flexibility index (Phi) is 2.68. The van der Waals surface area contributed by atoms with Crippen LogP contribution in [-0.2, 0) is 5.41 Å². The summed E-state index contributed by atoms with van der Waals surface area (Å²) < 4.78 is 0. The molecule has 0 heterocycles. The molecule has 0 saturated heterocycles. The summed E-state index contributed by atoms with van der Waals surface area (Å²) in [6.45, 7) is 0. The SMILES string of the molecule is N=C(N)c1ccc2c(c1)C1(CCCCC1)c1ccccc1-2. The zero-order valence-corrected chi connectivity index (χ0v) is 12.2. The van der Waals surface area contributed by atoms with Crippen molar-refractivity contribution in [2.45, 2.75) is 37.5 Å². The van der Waals surface area contributed by atoms with Gasteiger partial charge in [0.15, 0.2) is 0 Å². The van der Waals surface area contributed by atoms with E-state index in [1.54, 1.807) is 0 Å². The maximum atomic E-state index is 7.74. The van der Waals surface area contributed by atoms with Crippen LogP contribution >= 0.6 is 0 Å². The average Bonchev–Trinajstić information content (AvgIpc) is 2.79. The lowest BCUT2D eigenvalue weighted by molar-refractivity contribution is 0.353. The van der Waals surface area contributed by atoms with Crippen molar-refractivity contribution < 1.29 is 0 Å². The van der Waals surface area contributed by atoms with Gasteiger partial charge in [0.05, 0.1) is 0 Å². The molecule has 0 unspecified atom stereocenters. The van der Waals surface area contributed by atoms with Crippen molar-refractivity contribution >= 4 is 5.84 Å². The molecule has 21 heavy (non-hydrogen) atoms. The van der Waals surface area contributed by atoms with Crippen LogP contribution in [0.2, 0.25) is 0 Å². The van der Waals surface area contributed by atoms with E-state index in [4.69, 9.17) is 11.1 Å². The summed E-state index contributed by atoms with van der Waals surface area (Å²) in [6.07, 6.45) is 6.36. The molecule has 0 radical (unpaired) electrons. The lowest BCUT2D eigenvalue weighted by Gasteiger charge is -2.36. The zero-order chi connectivity index (χ0) is 14.4. The van der Waals surface area contributed by atoms with Crippen LogP contribution in [0.25, 0.3) is 11.1 Å². The Hall–Kier alpha value is -2.09. The van der Waals surface area contributed by atoms with Gasteiger partial charge in [-0.3, -0.25) is 5.41 Å². The van der Waals surface area contributed by atoms with Crippen molar-refractivity contribution in [3.05, 3.63) is 59.2 Å². The lowest BCUT2D eigenvalue weighted by Crippen LogP contribution is -2.28. The molecule has 0 bridgehead atoms.